The lowest BCUT2D eigenvalue weighted by Gasteiger charge is -2.11. The molecule has 0 unspecified atom stereocenters. The number of rotatable bonds is 3. The Morgan fingerprint density at radius 2 is 1.80 bits per heavy atom. The minimum absolute atomic E-state index is 0.00194. The fourth-order valence-electron chi connectivity index (χ4n) is 1.49. The largest absolute Gasteiger partial charge is 0.451 e. The maximum absolute atomic E-state index is 14.1. The van der Waals surface area contributed by atoms with Crippen molar-refractivity contribution < 1.29 is 13.5 Å². The summed E-state index contributed by atoms with van der Waals surface area (Å²) in [6.07, 6.45) is 0. The molecule has 104 valence electrons. The fraction of sp³-hybridized carbons (Fsp3) is 0. The average molecular weight is 406 g/mol. The highest BCUT2D eigenvalue weighted by Crippen LogP contribution is 2.33. The van der Waals surface area contributed by atoms with Crippen molar-refractivity contribution in [1.29, 1.82) is 5.41 Å². The highest BCUT2D eigenvalue weighted by atomic mass is 79.9. The number of nitrogen functional groups attached to an aromatic ring is 1. The molecular weight excluding hydrogens is 398 g/mol. The molecule has 0 atom stereocenters. The lowest BCUT2D eigenvalue weighted by Crippen LogP contribution is -2.12. The van der Waals surface area contributed by atoms with Crippen molar-refractivity contribution in [1.82, 2.24) is 0 Å². The van der Waals surface area contributed by atoms with E-state index >= 15 is 0 Å². The summed E-state index contributed by atoms with van der Waals surface area (Å²) in [4.78, 5) is 0. The monoisotopic (exact) mass is 404 g/mol. The van der Waals surface area contributed by atoms with Crippen LogP contribution in [-0.4, -0.2) is 5.84 Å². The Bertz CT molecular complexity index is 692. The number of benzene rings is 2. The molecule has 3 nitrogen and oxygen atoms in total. The normalized spacial score (nSPS) is 10.4. The third-order valence-electron chi connectivity index (χ3n) is 2.45. The van der Waals surface area contributed by atoms with Gasteiger partial charge in [0, 0.05) is 10.0 Å². The van der Waals surface area contributed by atoms with Gasteiger partial charge in [-0.25, -0.2) is 8.78 Å². The van der Waals surface area contributed by atoms with Crippen molar-refractivity contribution in [2.24, 2.45) is 5.73 Å². The zero-order valence-corrected chi connectivity index (χ0v) is 13.1. The van der Waals surface area contributed by atoms with Crippen LogP contribution in [0.4, 0.5) is 8.78 Å². The predicted molar refractivity (Wildman–Crippen MR) is 79.3 cm³/mol. The number of amidine groups is 1. The summed E-state index contributed by atoms with van der Waals surface area (Å²) in [5, 5.41) is 7.30. The summed E-state index contributed by atoms with van der Waals surface area (Å²) in [6, 6.07) is 6.81. The van der Waals surface area contributed by atoms with E-state index in [9.17, 15) is 8.78 Å². The Balaban J connectivity index is 2.42. The van der Waals surface area contributed by atoms with Crippen molar-refractivity contribution in [2.45, 2.75) is 0 Å². The van der Waals surface area contributed by atoms with Crippen LogP contribution in [0.2, 0.25) is 0 Å². The molecule has 0 aromatic heterocycles. The van der Waals surface area contributed by atoms with Crippen molar-refractivity contribution in [3.05, 3.63) is 56.5 Å². The van der Waals surface area contributed by atoms with Gasteiger partial charge in [-0.05, 0) is 46.3 Å². The quantitative estimate of drug-likeness (QED) is 0.580. The first-order valence-electron chi connectivity index (χ1n) is 5.35. The Labute approximate surface area is 130 Å². The van der Waals surface area contributed by atoms with Crippen molar-refractivity contribution in [2.75, 3.05) is 0 Å². The van der Waals surface area contributed by atoms with Crippen LogP contribution in [0, 0.1) is 17.0 Å². The van der Waals surface area contributed by atoms with Gasteiger partial charge in [-0.3, -0.25) is 5.41 Å². The molecule has 2 aromatic carbocycles. The number of hydrogen-bond acceptors (Lipinski definition) is 2. The van der Waals surface area contributed by atoms with Gasteiger partial charge < -0.3 is 10.5 Å². The molecule has 0 spiro atoms. The van der Waals surface area contributed by atoms with Gasteiger partial charge in [0.05, 0.1) is 4.47 Å². The molecule has 0 aliphatic carbocycles. The molecule has 0 heterocycles. The zero-order chi connectivity index (χ0) is 14.9. The second-order valence-corrected chi connectivity index (χ2v) is 5.54. The molecule has 0 aliphatic rings. The molecule has 0 fully saturated rings. The maximum Gasteiger partial charge on any atom is 0.180 e. The average Bonchev–Trinajstić information content (AvgIpc) is 2.39. The molecule has 0 amide bonds. The summed E-state index contributed by atoms with van der Waals surface area (Å²) < 4.78 is 33.5. The summed E-state index contributed by atoms with van der Waals surface area (Å²) in [6.45, 7) is 0. The van der Waals surface area contributed by atoms with Gasteiger partial charge in [0.25, 0.3) is 0 Å². The van der Waals surface area contributed by atoms with Gasteiger partial charge in [-0.2, -0.15) is 0 Å². The minimum Gasteiger partial charge on any atom is -0.451 e. The summed E-state index contributed by atoms with van der Waals surface area (Å²) in [5.41, 5.74) is 5.51. The fourth-order valence-corrected chi connectivity index (χ4v) is 2.37. The zero-order valence-electron chi connectivity index (χ0n) is 9.88. The van der Waals surface area contributed by atoms with Crippen molar-refractivity contribution >= 4 is 37.7 Å². The number of halogens is 4. The third-order valence-corrected chi connectivity index (χ3v) is 3.72. The first-order chi connectivity index (χ1) is 9.40. The van der Waals surface area contributed by atoms with E-state index in [1.807, 2.05) is 0 Å². The number of nitrogens with one attached hydrogen (secondary N) is 1. The molecule has 20 heavy (non-hydrogen) atoms. The third kappa shape index (κ3) is 2.99. The van der Waals surface area contributed by atoms with E-state index < -0.39 is 11.6 Å². The van der Waals surface area contributed by atoms with Gasteiger partial charge in [-0.15, -0.1) is 0 Å². The van der Waals surface area contributed by atoms with Gasteiger partial charge in [0.1, 0.15) is 5.84 Å². The Morgan fingerprint density at radius 3 is 2.45 bits per heavy atom. The van der Waals surface area contributed by atoms with E-state index in [1.165, 1.54) is 30.3 Å². The molecule has 7 heteroatoms. The van der Waals surface area contributed by atoms with Crippen LogP contribution in [0.3, 0.4) is 0 Å². The van der Waals surface area contributed by atoms with Crippen LogP contribution in [0.5, 0.6) is 11.5 Å². The highest BCUT2D eigenvalue weighted by Gasteiger charge is 2.16. The van der Waals surface area contributed by atoms with Gasteiger partial charge in [-0.1, -0.05) is 15.9 Å². The topological polar surface area (TPSA) is 59.1 Å². The van der Waals surface area contributed by atoms with Crippen LogP contribution >= 0.6 is 31.9 Å². The van der Waals surface area contributed by atoms with E-state index in [-0.39, 0.29) is 27.4 Å². The van der Waals surface area contributed by atoms with E-state index in [0.29, 0.717) is 4.47 Å². The highest BCUT2D eigenvalue weighted by molar-refractivity contribution is 9.10. The van der Waals surface area contributed by atoms with E-state index in [4.69, 9.17) is 15.9 Å². The molecule has 2 aromatic rings. The predicted octanol–water partition coefficient (Wildman–Crippen LogP) is 4.57. The Morgan fingerprint density at radius 1 is 1.10 bits per heavy atom. The van der Waals surface area contributed by atoms with E-state index in [2.05, 4.69) is 31.9 Å². The maximum atomic E-state index is 14.1. The van der Waals surface area contributed by atoms with Crippen LogP contribution in [0.25, 0.3) is 0 Å². The smallest absolute Gasteiger partial charge is 0.180 e. The lowest BCUT2D eigenvalue weighted by molar-refractivity contribution is 0.413. The Hall–Kier alpha value is -1.47. The summed E-state index contributed by atoms with van der Waals surface area (Å²) >= 11 is 6.18. The second kappa shape index (κ2) is 5.88. The first-order valence-corrected chi connectivity index (χ1v) is 6.94. The van der Waals surface area contributed by atoms with Gasteiger partial charge in [0.15, 0.2) is 23.1 Å². The minimum atomic E-state index is -0.753. The Kier molecular flexibility index (Phi) is 4.39. The molecule has 3 N–H and O–H groups in total. The number of ether oxygens (including phenoxy) is 1. The number of nitrogens with two attached hydrogens (primary N) is 1. The van der Waals surface area contributed by atoms with Gasteiger partial charge in [0.2, 0.25) is 0 Å². The SMILES string of the molecule is N=C(N)c1ccc(Oc2cc(Br)ccc2F)c(F)c1Br. The van der Waals surface area contributed by atoms with Crippen LogP contribution < -0.4 is 10.5 Å². The molecular formula is C13H8Br2F2N2O. The first kappa shape index (κ1) is 14.9. The van der Waals surface area contributed by atoms with Crippen LogP contribution in [0.15, 0.2) is 39.3 Å². The van der Waals surface area contributed by atoms with E-state index in [1.54, 1.807) is 0 Å². The molecule has 0 saturated heterocycles. The standard InChI is InChI=1S/C13H8Br2F2N2O/c14-6-1-3-8(16)10(5-6)20-9-4-2-7(13(18)19)11(15)12(9)17/h1-5H,(H3,18,19). The molecule has 0 saturated carbocycles. The molecule has 0 radical (unpaired) electrons. The lowest BCUT2D eigenvalue weighted by atomic mass is 10.2. The van der Waals surface area contributed by atoms with E-state index in [0.717, 1.165) is 0 Å². The van der Waals surface area contributed by atoms with Crippen LogP contribution in [-0.2, 0) is 0 Å². The summed E-state index contributed by atoms with van der Waals surface area (Å²) in [5.74, 6) is -1.92. The molecule has 2 rings (SSSR count). The van der Waals surface area contributed by atoms with Crippen LogP contribution in [0.1, 0.15) is 5.56 Å². The van der Waals surface area contributed by atoms with Crippen molar-refractivity contribution in [3.63, 3.8) is 0 Å². The molecule has 0 bridgehead atoms. The summed E-state index contributed by atoms with van der Waals surface area (Å²) in [7, 11) is 0. The second-order valence-electron chi connectivity index (χ2n) is 3.83. The van der Waals surface area contributed by atoms with Gasteiger partial charge >= 0.3 is 0 Å². The molecule has 0 aliphatic heterocycles. The van der Waals surface area contributed by atoms with Crippen molar-refractivity contribution in [3.8, 4) is 11.5 Å². The number of hydrogen-bond donors (Lipinski definition) is 2.